The van der Waals surface area contributed by atoms with Gasteiger partial charge in [-0.2, -0.15) is 5.10 Å². The maximum atomic E-state index is 12.8. The van der Waals surface area contributed by atoms with Crippen molar-refractivity contribution in [3.05, 3.63) is 103 Å². The van der Waals surface area contributed by atoms with Crippen LogP contribution in [-0.2, 0) is 10.0 Å². The maximum Gasteiger partial charge on any atom is 0.261 e. The fourth-order valence-electron chi connectivity index (χ4n) is 2.66. The van der Waals surface area contributed by atoms with Crippen molar-refractivity contribution in [3.8, 4) is 17.5 Å². The molecule has 0 saturated heterocycles. The van der Waals surface area contributed by atoms with Crippen molar-refractivity contribution in [3.63, 3.8) is 0 Å². The standard InChI is InChI=1S/C22H16N4O2S/c27-29(28,21-12-10-20(11-13-21)26-16-4-15-24-26)25-22-7-2-1-6-19(22)9-8-18-5-3-14-23-17-18/h1-7,10-17,25H. The Morgan fingerprint density at radius 3 is 2.41 bits per heavy atom. The molecule has 0 aliphatic carbocycles. The van der Waals surface area contributed by atoms with Crippen LogP contribution >= 0.6 is 0 Å². The minimum absolute atomic E-state index is 0.156. The summed E-state index contributed by atoms with van der Waals surface area (Å²) in [6.45, 7) is 0. The summed E-state index contributed by atoms with van der Waals surface area (Å²) in [5.41, 5.74) is 2.52. The zero-order valence-electron chi connectivity index (χ0n) is 15.2. The van der Waals surface area contributed by atoms with Crippen LogP contribution in [0.3, 0.4) is 0 Å². The number of pyridine rings is 1. The Balaban J connectivity index is 1.60. The van der Waals surface area contributed by atoms with Gasteiger partial charge in [0.2, 0.25) is 0 Å². The van der Waals surface area contributed by atoms with Gasteiger partial charge in [0.25, 0.3) is 10.0 Å². The van der Waals surface area contributed by atoms with Gasteiger partial charge in [-0.15, -0.1) is 0 Å². The number of sulfonamides is 1. The van der Waals surface area contributed by atoms with Crippen molar-refractivity contribution in [2.45, 2.75) is 4.90 Å². The van der Waals surface area contributed by atoms with Crippen molar-refractivity contribution in [1.29, 1.82) is 0 Å². The molecule has 0 bridgehead atoms. The largest absolute Gasteiger partial charge is 0.278 e. The second-order valence-electron chi connectivity index (χ2n) is 6.09. The quantitative estimate of drug-likeness (QED) is 0.532. The molecule has 2 aromatic carbocycles. The van der Waals surface area contributed by atoms with E-state index in [9.17, 15) is 8.42 Å². The molecule has 0 aliphatic rings. The zero-order chi connectivity index (χ0) is 20.1. The summed E-state index contributed by atoms with van der Waals surface area (Å²) in [5.74, 6) is 6.00. The van der Waals surface area contributed by atoms with Gasteiger partial charge in [-0.25, -0.2) is 13.1 Å². The van der Waals surface area contributed by atoms with Crippen LogP contribution in [0.25, 0.3) is 5.69 Å². The number of benzene rings is 2. The molecule has 1 N–H and O–H groups in total. The number of nitrogens with one attached hydrogen (secondary N) is 1. The fourth-order valence-corrected chi connectivity index (χ4v) is 3.74. The number of para-hydroxylation sites is 1. The topological polar surface area (TPSA) is 76.9 Å². The van der Waals surface area contributed by atoms with E-state index in [4.69, 9.17) is 0 Å². The molecule has 0 spiro atoms. The Morgan fingerprint density at radius 1 is 0.862 bits per heavy atom. The number of rotatable bonds is 4. The summed E-state index contributed by atoms with van der Waals surface area (Å²) < 4.78 is 30.0. The number of anilines is 1. The molecule has 0 saturated carbocycles. The predicted molar refractivity (Wildman–Crippen MR) is 111 cm³/mol. The van der Waals surface area contributed by atoms with E-state index in [1.807, 2.05) is 12.1 Å². The third kappa shape index (κ3) is 4.34. The van der Waals surface area contributed by atoms with Crippen LogP contribution in [0.1, 0.15) is 11.1 Å². The van der Waals surface area contributed by atoms with E-state index < -0.39 is 10.0 Å². The first-order valence-corrected chi connectivity index (χ1v) is 10.2. The van der Waals surface area contributed by atoms with Crippen molar-refractivity contribution >= 4 is 15.7 Å². The first-order valence-electron chi connectivity index (χ1n) is 8.76. The lowest BCUT2D eigenvalue weighted by Gasteiger charge is -2.10. The first-order chi connectivity index (χ1) is 14.1. The third-order valence-electron chi connectivity index (χ3n) is 4.09. The molecule has 4 aromatic rings. The fraction of sp³-hybridized carbons (Fsp3) is 0. The second-order valence-corrected chi connectivity index (χ2v) is 7.77. The summed E-state index contributed by atoms with van der Waals surface area (Å²) in [7, 11) is -3.76. The van der Waals surface area contributed by atoms with Crippen molar-refractivity contribution < 1.29 is 8.42 Å². The number of hydrogen-bond donors (Lipinski definition) is 1. The van der Waals surface area contributed by atoms with Gasteiger partial charge in [0.05, 0.1) is 16.3 Å². The van der Waals surface area contributed by atoms with Crippen LogP contribution in [0.2, 0.25) is 0 Å². The highest BCUT2D eigenvalue weighted by Crippen LogP contribution is 2.20. The lowest BCUT2D eigenvalue weighted by molar-refractivity contribution is 0.601. The Bertz CT molecular complexity index is 1270. The maximum absolute atomic E-state index is 12.8. The molecular formula is C22H16N4O2S. The molecule has 0 unspecified atom stereocenters. The molecule has 7 heteroatoms. The summed E-state index contributed by atoms with van der Waals surface area (Å²) in [6, 6.07) is 19.0. The average Bonchev–Trinajstić information content (AvgIpc) is 3.29. The van der Waals surface area contributed by atoms with E-state index in [0.29, 0.717) is 11.3 Å². The molecule has 142 valence electrons. The molecule has 2 heterocycles. The van der Waals surface area contributed by atoms with Crippen LogP contribution in [0, 0.1) is 11.8 Å². The van der Waals surface area contributed by atoms with Gasteiger partial charge in [0, 0.05) is 35.9 Å². The normalized spacial score (nSPS) is 10.8. The lowest BCUT2D eigenvalue weighted by atomic mass is 10.2. The van der Waals surface area contributed by atoms with Crippen molar-refractivity contribution in [2.75, 3.05) is 4.72 Å². The smallest absolute Gasteiger partial charge is 0.261 e. The monoisotopic (exact) mass is 400 g/mol. The van der Waals surface area contributed by atoms with Gasteiger partial charge in [0.1, 0.15) is 0 Å². The van der Waals surface area contributed by atoms with Crippen LogP contribution in [0.5, 0.6) is 0 Å². The van der Waals surface area contributed by atoms with Gasteiger partial charge in [0.15, 0.2) is 0 Å². The zero-order valence-corrected chi connectivity index (χ0v) is 16.0. The summed E-state index contributed by atoms with van der Waals surface area (Å²) in [4.78, 5) is 4.18. The highest BCUT2D eigenvalue weighted by atomic mass is 32.2. The van der Waals surface area contributed by atoms with E-state index in [1.54, 1.807) is 84.1 Å². The molecule has 4 rings (SSSR count). The van der Waals surface area contributed by atoms with Gasteiger partial charge >= 0.3 is 0 Å². The molecular weight excluding hydrogens is 384 g/mol. The summed E-state index contributed by atoms with van der Waals surface area (Å²) in [6.07, 6.45) is 6.78. The lowest BCUT2D eigenvalue weighted by Crippen LogP contribution is -2.14. The van der Waals surface area contributed by atoms with Gasteiger partial charge < -0.3 is 0 Å². The van der Waals surface area contributed by atoms with Crippen molar-refractivity contribution in [2.24, 2.45) is 0 Å². The van der Waals surface area contributed by atoms with Crippen LogP contribution in [0.15, 0.2) is 96.4 Å². The number of nitrogens with zero attached hydrogens (tertiary/aromatic N) is 3. The summed E-state index contributed by atoms with van der Waals surface area (Å²) in [5, 5.41) is 4.14. The molecule has 0 fully saturated rings. The minimum atomic E-state index is -3.76. The number of aromatic nitrogens is 3. The molecule has 0 radical (unpaired) electrons. The van der Waals surface area contributed by atoms with Crippen LogP contribution < -0.4 is 4.72 Å². The summed E-state index contributed by atoms with van der Waals surface area (Å²) >= 11 is 0. The molecule has 0 amide bonds. The van der Waals surface area contributed by atoms with E-state index >= 15 is 0 Å². The Morgan fingerprint density at radius 2 is 1.69 bits per heavy atom. The minimum Gasteiger partial charge on any atom is -0.278 e. The third-order valence-corrected chi connectivity index (χ3v) is 5.47. The van der Waals surface area contributed by atoms with Gasteiger partial charge in [-0.3, -0.25) is 9.71 Å². The Kier molecular flexibility index (Phi) is 5.10. The number of hydrogen-bond acceptors (Lipinski definition) is 4. The van der Waals surface area contributed by atoms with E-state index in [0.717, 1.165) is 11.3 Å². The second kappa shape index (κ2) is 8.00. The van der Waals surface area contributed by atoms with Crippen molar-refractivity contribution in [1.82, 2.24) is 14.8 Å². The van der Waals surface area contributed by atoms with Crippen LogP contribution in [-0.4, -0.2) is 23.2 Å². The predicted octanol–water partition coefficient (Wildman–Crippen LogP) is 3.47. The highest BCUT2D eigenvalue weighted by molar-refractivity contribution is 7.92. The average molecular weight is 400 g/mol. The van der Waals surface area contributed by atoms with E-state index in [-0.39, 0.29) is 4.90 Å². The Labute approximate surface area is 168 Å². The Hall–Kier alpha value is -3.89. The molecule has 0 atom stereocenters. The van der Waals surface area contributed by atoms with Gasteiger partial charge in [-0.05, 0) is 54.6 Å². The van der Waals surface area contributed by atoms with Gasteiger partial charge in [-0.1, -0.05) is 24.0 Å². The van der Waals surface area contributed by atoms with E-state index in [2.05, 4.69) is 26.6 Å². The molecule has 2 aromatic heterocycles. The SMILES string of the molecule is O=S(=O)(Nc1ccccc1C#Cc1cccnc1)c1ccc(-n2cccn2)cc1. The van der Waals surface area contributed by atoms with Crippen LogP contribution in [0.4, 0.5) is 5.69 Å². The first kappa shape index (κ1) is 18.5. The highest BCUT2D eigenvalue weighted by Gasteiger charge is 2.15. The molecule has 29 heavy (non-hydrogen) atoms. The molecule has 6 nitrogen and oxygen atoms in total. The molecule has 0 aliphatic heterocycles. The van der Waals surface area contributed by atoms with E-state index in [1.165, 1.54) is 0 Å².